The number of hydrogen-bond donors (Lipinski definition) is 0. The lowest BCUT2D eigenvalue weighted by Crippen LogP contribution is -2.13. The summed E-state index contributed by atoms with van der Waals surface area (Å²) >= 11 is 0. The van der Waals surface area contributed by atoms with E-state index >= 15 is 0 Å². The normalized spacial score (nSPS) is 26.4. The Bertz CT molecular complexity index is 384. The van der Waals surface area contributed by atoms with Crippen LogP contribution in [0.4, 0.5) is 0 Å². The average Bonchev–Trinajstić information content (AvgIpc) is 2.94. The fourth-order valence-electron chi connectivity index (χ4n) is 3.02. The van der Waals surface area contributed by atoms with Crippen LogP contribution in [-0.4, -0.2) is 23.0 Å². The maximum atomic E-state index is 5.51. The van der Waals surface area contributed by atoms with E-state index in [0.717, 1.165) is 12.1 Å². The predicted molar refractivity (Wildman–Crippen MR) is 80.6 cm³/mol. The first-order valence-electron chi connectivity index (χ1n) is 7.61. The van der Waals surface area contributed by atoms with Crippen molar-refractivity contribution in [1.29, 1.82) is 0 Å². The van der Waals surface area contributed by atoms with E-state index in [1.807, 2.05) is 21.0 Å². The molecule has 1 heterocycles. The van der Waals surface area contributed by atoms with Gasteiger partial charge < -0.3 is 4.74 Å². The molecule has 0 N–H and O–H groups in total. The fraction of sp³-hybridized carbons (Fsp3) is 0.812. The lowest BCUT2D eigenvalue weighted by Gasteiger charge is -2.19. The van der Waals surface area contributed by atoms with Gasteiger partial charge in [-0.1, -0.05) is 20.8 Å². The number of ether oxygens (including phenoxy) is 1. The summed E-state index contributed by atoms with van der Waals surface area (Å²) in [7, 11) is 1.82. The molecular weight excluding hydrogens is 236 g/mol. The Morgan fingerprint density at radius 2 is 1.95 bits per heavy atom. The number of nitrogens with zero attached hydrogens (tertiary/aromatic N) is 2. The zero-order chi connectivity index (χ0) is 14.6. The van der Waals surface area contributed by atoms with Crippen LogP contribution in [0.15, 0.2) is 6.07 Å². The Hall–Kier alpha value is -0.830. The molecule has 0 saturated heterocycles. The van der Waals surface area contributed by atoms with Gasteiger partial charge in [-0.15, -0.1) is 0 Å². The largest absolute Gasteiger partial charge is 0.381 e. The highest BCUT2D eigenvalue weighted by Crippen LogP contribution is 2.41. The van der Waals surface area contributed by atoms with Gasteiger partial charge in [0.25, 0.3) is 0 Å². The predicted octanol–water partition coefficient (Wildman–Crippen LogP) is 4.33. The van der Waals surface area contributed by atoms with Gasteiger partial charge in [-0.05, 0) is 45.6 Å². The van der Waals surface area contributed by atoms with Crippen molar-refractivity contribution in [2.24, 2.45) is 5.92 Å². The van der Waals surface area contributed by atoms with E-state index in [4.69, 9.17) is 4.74 Å². The molecular formula is C16H30N2O. The molecule has 1 aromatic heterocycles. The van der Waals surface area contributed by atoms with Gasteiger partial charge in [-0.3, -0.25) is 4.68 Å². The molecule has 1 aromatic rings. The van der Waals surface area contributed by atoms with E-state index in [1.54, 1.807) is 0 Å². The summed E-state index contributed by atoms with van der Waals surface area (Å²) < 4.78 is 7.70. The molecule has 0 bridgehead atoms. The second-order valence-corrected chi connectivity index (χ2v) is 5.66. The first kappa shape index (κ1) is 16.2. The summed E-state index contributed by atoms with van der Waals surface area (Å²) in [5.74, 6) is 1.29. The van der Waals surface area contributed by atoms with E-state index in [9.17, 15) is 0 Å². The number of aromatic nitrogens is 2. The van der Waals surface area contributed by atoms with E-state index < -0.39 is 0 Å². The van der Waals surface area contributed by atoms with Gasteiger partial charge in [0.05, 0.1) is 11.8 Å². The van der Waals surface area contributed by atoms with Crippen molar-refractivity contribution in [3.05, 3.63) is 17.5 Å². The van der Waals surface area contributed by atoms with Crippen LogP contribution in [-0.2, 0) is 4.74 Å². The summed E-state index contributed by atoms with van der Waals surface area (Å²) in [5.41, 5.74) is 2.52. The van der Waals surface area contributed by atoms with Crippen LogP contribution in [0.3, 0.4) is 0 Å². The first-order chi connectivity index (χ1) is 9.02. The van der Waals surface area contributed by atoms with Gasteiger partial charge in [0.15, 0.2) is 0 Å². The molecule has 1 saturated carbocycles. The van der Waals surface area contributed by atoms with E-state index in [2.05, 4.69) is 43.5 Å². The van der Waals surface area contributed by atoms with E-state index in [-0.39, 0.29) is 0 Å². The first-order valence-corrected chi connectivity index (χ1v) is 7.61. The molecule has 0 amide bonds. The highest BCUT2D eigenvalue weighted by atomic mass is 16.5. The molecule has 0 radical (unpaired) electrons. The summed E-state index contributed by atoms with van der Waals surface area (Å²) in [6, 6.07) is 2.69. The molecule has 1 fully saturated rings. The van der Waals surface area contributed by atoms with Gasteiger partial charge in [-0.2, -0.15) is 5.10 Å². The summed E-state index contributed by atoms with van der Waals surface area (Å²) in [6.45, 7) is 12.8. The van der Waals surface area contributed by atoms with E-state index in [1.165, 1.54) is 12.1 Å². The third kappa shape index (κ3) is 3.59. The Labute approximate surface area is 118 Å². The lowest BCUT2D eigenvalue weighted by molar-refractivity contribution is 0.105. The lowest BCUT2D eigenvalue weighted by atomic mass is 9.94. The summed E-state index contributed by atoms with van der Waals surface area (Å²) in [4.78, 5) is 0. The highest BCUT2D eigenvalue weighted by molar-refractivity contribution is 5.17. The van der Waals surface area contributed by atoms with Crippen LogP contribution < -0.4 is 0 Å². The molecule has 2 rings (SSSR count). The molecule has 0 aromatic carbocycles. The summed E-state index contributed by atoms with van der Waals surface area (Å²) in [5, 5.41) is 4.62. The molecule has 1 aliphatic rings. The second-order valence-electron chi connectivity index (χ2n) is 5.66. The highest BCUT2D eigenvalue weighted by Gasteiger charge is 2.34. The SMILES string of the molecule is CC.CO[C@@H]1CC(C)[C@H](c2cc(C)nn2C(C)C)C1. The minimum absolute atomic E-state index is 0.422. The van der Waals surface area contributed by atoms with Crippen LogP contribution in [0.1, 0.15) is 70.8 Å². The topological polar surface area (TPSA) is 27.1 Å². The molecule has 19 heavy (non-hydrogen) atoms. The van der Waals surface area contributed by atoms with Crippen molar-refractivity contribution in [2.45, 2.75) is 72.4 Å². The second kappa shape index (κ2) is 7.09. The monoisotopic (exact) mass is 266 g/mol. The number of hydrogen-bond acceptors (Lipinski definition) is 2. The molecule has 3 atom stereocenters. The Morgan fingerprint density at radius 1 is 1.32 bits per heavy atom. The van der Waals surface area contributed by atoms with Crippen molar-refractivity contribution in [3.63, 3.8) is 0 Å². The van der Waals surface area contributed by atoms with Gasteiger partial charge >= 0.3 is 0 Å². The average molecular weight is 266 g/mol. The van der Waals surface area contributed by atoms with Crippen LogP contribution in [0, 0.1) is 12.8 Å². The Morgan fingerprint density at radius 3 is 2.42 bits per heavy atom. The number of methoxy groups -OCH3 is 1. The Kier molecular flexibility index (Phi) is 6.05. The third-order valence-electron chi connectivity index (χ3n) is 3.93. The van der Waals surface area contributed by atoms with Gasteiger partial charge in [0, 0.05) is 24.8 Å². The minimum Gasteiger partial charge on any atom is -0.381 e. The van der Waals surface area contributed by atoms with Gasteiger partial charge in [0.1, 0.15) is 0 Å². The van der Waals surface area contributed by atoms with Crippen molar-refractivity contribution in [3.8, 4) is 0 Å². The van der Waals surface area contributed by atoms with Crippen molar-refractivity contribution in [2.75, 3.05) is 7.11 Å². The molecule has 1 aliphatic carbocycles. The molecule has 0 aliphatic heterocycles. The molecule has 3 heteroatoms. The summed E-state index contributed by atoms with van der Waals surface area (Å²) in [6.07, 6.45) is 2.73. The maximum absolute atomic E-state index is 5.51. The van der Waals surface area contributed by atoms with Crippen LogP contribution in [0.5, 0.6) is 0 Å². The molecule has 1 unspecified atom stereocenters. The van der Waals surface area contributed by atoms with Crippen LogP contribution in [0.25, 0.3) is 0 Å². The fourth-order valence-corrected chi connectivity index (χ4v) is 3.02. The standard InChI is InChI=1S/C14H24N2O.C2H6/c1-9(2)16-14(7-11(4)15-16)13-8-12(17-5)6-10(13)3;1-2/h7,9-10,12-13H,6,8H2,1-5H3;1-2H3/t10?,12-,13-;/m1./s1. The molecule has 110 valence electrons. The van der Waals surface area contributed by atoms with Crippen molar-refractivity contribution >= 4 is 0 Å². The smallest absolute Gasteiger partial charge is 0.0596 e. The number of rotatable bonds is 3. The van der Waals surface area contributed by atoms with Crippen molar-refractivity contribution in [1.82, 2.24) is 9.78 Å². The van der Waals surface area contributed by atoms with Crippen molar-refractivity contribution < 1.29 is 4.74 Å². The van der Waals surface area contributed by atoms with Crippen LogP contribution in [0.2, 0.25) is 0 Å². The van der Waals surface area contributed by atoms with Gasteiger partial charge in [0.2, 0.25) is 0 Å². The van der Waals surface area contributed by atoms with Crippen LogP contribution >= 0.6 is 0 Å². The number of aryl methyl sites for hydroxylation is 1. The van der Waals surface area contributed by atoms with E-state index in [0.29, 0.717) is 24.0 Å². The third-order valence-corrected chi connectivity index (χ3v) is 3.93. The van der Waals surface area contributed by atoms with Gasteiger partial charge in [-0.25, -0.2) is 0 Å². The molecule has 0 spiro atoms. The molecule has 3 nitrogen and oxygen atoms in total. The zero-order valence-electron chi connectivity index (χ0n) is 13.6. The minimum atomic E-state index is 0.422. The maximum Gasteiger partial charge on any atom is 0.0596 e. The Balaban J connectivity index is 0.000000861. The quantitative estimate of drug-likeness (QED) is 0.814. The zero-order valence-corrected chi connectivity index (χ0v) is 13.6.